The summed E-state index contributed by atoms with van der Waals surface area (Å²) in [6, 6.07) is 6.28. The minimum absolute atomic E-state index is 0.209. The summed E-state index contributed by atoms with van der Waals surface area (Å²) >= 11 is 0. The third-order valence-corrected chi connectivity index (χ3v) is 3.57. The van der Waals surface area contributed by atoms with E-state index in [9.17, 15) is 4.79 Å². The Hall–Kier alpha value is -2.23. The van der Waals surface area contributed by atoms with Gasteiger partial charge in [0.05, 0.1) is 11.3 Å². The molecule has 0 saturated carbocycles. The largest absolute Gasteiger partial charge is 0.478 e. The minimum atomic E-state index is -0.962. The number of carbonyl (C=O) groups is 1. The molecule has 110 valence electrons. The molecule has 0 atom stereocenters. The highest BCUT2D eigenvalue weighted by atomic mass is 16.4. The summed E-state index contributed by atoms with van der Waals surface area (Å²) in [5.74, 6) is -0.289. The Morgan fingerprint density at radius 3 is 2.62 bits per heavy atom. The van der Waals surface area contributed by atoms with E-state index >= 15 is 0 Å². The lowest BCUT2D eigenvalue weighted by molar-refractivity contribution is 0.0694. The molecule has 0 aliphatic heterocycles. The van der Waals surface area contributed by atoms with Crippen molar-refractivity contribution in [1.29, 1.82) is 0 Å². The summed E-state index contributed by atoms with van der Waals surface area (Å²) in [6.07, 6.45) is 3.57. The predicted molar refractivity (Wildman–Crippen MR) is 81.7 cm³/mol. The number of carboxylic acid groups (broad SMARTS) is 1. The molecule has 2 aromatic rings. The number of aryl methyl sites for hydroxylation is 3. The fraction of sp³-hybridized carbons (Fsp3) is 0.353. The van der Waals surface area contributed by atoms with E-state index in [0.29, 0.717) is 24.4 Å². The molecule has 1 aromatic carbocycles. The average Bonchev–Trinajstić information content (AvgIpc) is 2.43. The van der Waals surface area contributed by atoms with Crippen LogP contribution in [0, 0.1) is 13.8 Å². The van der Waals surface area contributed by atoms with Crippen molar-refractivity contribution in [2.45, 2.75) is 40.0 Å². The molecule has 0 spiro atoms. The van der Waals surface area contributed by atoms with Crippen LogP contribution in [0.5, 0.6) is 0 Å². The maximum absolute atomic E-state index is 11.2. The molecule has 21 heavy (non-hydrogen) atoms. The lowest BCUT2D eigenvalue weighted by Gasteiger charge is -2.08. The van der Waals surface area contributed by atoms with Crippen molar-refractivity contribution in [3.8, 4) is 0 Å². The van der Waals surface area contributed by atoms with Crippen LogP contribution in [0.15, 0.2) is 24.4 Å². The van der Waals surface area contributed by atoms with E-state index in [4.69, 9.17) is 5.11 Å². The van der Waals surface area contributed by atoms with Crippen molar-refractivity contribution in [3.05, 3.63) is 58.2 Å². The fourth-order valence-corrected chi connectivity index (χ4v) is 2.25. The van der Waals surface area contributed by atoms with Gasteiger partial charge in [0.1, 0.15) is 5.82 Å². The second kappa shape index (κ2) is 6.48. The van der Waals surface area contributed by atoms with E-state index in [1.807, 2.05) is 6.92 Å². The molecule has 0 bridgehead atoms. The Labute approximate surface area is 124 Å². The van der Waals surface area contributed by atoms with Crippen LogP contribution in [0.4, 0.5) is 0 Å². The van der Waals surface area contributed by atoms with Gasteiger partial charge in [0.25, 0.3) is 0 Å². The maximum atomic E-state index is 11.2. The van der Waals surface area contributed by atoms with Gasteiger partial charge in [0.2, 0.25) is 0 Å². The number of rotatable bonds is 5. The van der Waals surface area contributed by atoms with Crippen molar-refractivity contribution in [2.75, 3.05) is 0 Å². The number of hydrogen-bond acceptors (Lipinski definition) is 3. The van der Waals surface area contributed by atoms with E-state index in [2.05, 4.69) is 42.0 Å². The third-order valence-electron chi connectivity index (χ3n) is 3.57. The molecule has 0 saturated heterocycles. The Balaban J connectivity index is 2.29. The zero-order valence-corrected chi connectivity index (χ0v) is 12.7. The molecule has 0 radical (unpaired) electrons. The van der Waals surface area contributed by atoms with Gasteiger partial charge in [-0.05, 0) is 37.0 Å². The number of aromatic nitrogens is 2. The molecule has 4 nitrogen and oxygen atoms in total. The van der Waals surface area contributed by atoms with Gasteiger partial charge in [-0.15, -0.1) is 0 Å². The molecular formula is C17H20N2O2. The Kier molecular flexibility index (Phi) is 4.68. The summed E-state index contributed by atoms with van der Waals surface area (Å²) in [4.78, 5) is 19.8. The minimum Gasteiger partial charge on any atom is -0.478 e. The summed E-state index contributed by atoms with van der Waals surface area (Å²) in [6.45, 7) is 6.17. The van der Waals surface area contributed by atoms with Gasteiger partial charge in [-0.1, -0.05) is 31.5 Å². The molecule has 0 fully saturated rings. The van der Waals surface area contributed by atoms with Gasteiger partial charge in [0, 0.05) is 12.6 Å². The zero-order chi connectivity index (χ0) is 15.4. The first-order chi connectivity index (χ1) is 10.0. The first kappa shape index (κ1) is 15.2. The van der Waals surface area contributed by atoms with Gasteiger partial charge in [-0.3, -0.25) is 0 Å². The van der Waals surface area contributed by atoms with Crippen LogP contribution in [0.25, 0.3) is 0 Å². The number of hydrogen-bond donors (Lipinski definition) is 1. The molecule has 2 rings (SSSR count). The average molecular weight is 284 g/mol. The normalized spacial score (nSPS) is 10.6. The van der Waals surface area contributed by atoms with E-state index in [-0.39, 0.29) is 5.56 Å². The molecule has 0 amide bonds. The summed E-state index contributed by atoms with van der Waals surface area (Å²) < 4.78 is 0. The van der Waals surface area contributed by atoms with Gasteiger partial charge < -0.3 is 5.11 Å². The Morgan fingerprint density at radius 1 is 1.24 bits per heavy atom. The van der Waals surface area contributed by atoms with Crippen molar-refractivity contribution in [3.63, 3.8) is 0 Å². The van der Waals surface area contributed by atoms with Crippen LogP contribution >= 0.6 is 0 Å². The van der Waals surface area contributed by atoms with Gasteiger partial charge >= 0.3 is 5.97 Å². The number of carboxylic acids is 1. The third kappa shape index (κ3) is 3.66. The van der Waals surface area contributed by atoms with Crippen LogP contribution in [0.1, 0.15) is 51.9 Å². The van der Waals surface area contributed by atoms with Crippen molar-refractivity contribution in [2.24, 2.45) is 0 Å². The van der Waals surface area contributed by atoms with Crippen LogP contribution in [0.2, 0.25) is 0 Å². The van der Waals surface area contributed by atoms with Crippen LogP contribution in [0.3, 0.4) is 0 Å². The predicted octanol–water partition coefficient (Wildman–Crippen LogP) is 3.33. The first-order valence-corrected chi connectivity index (χ1v) is 7.15. The standard InChI is InChI=1S/C17H20N2O2/c1-4-5-15-14(17(20)21)10-18-16(19-15)9-13-7-6-11(2)12(3)8-13/h6-8,10H,4-5,9H2,1-3H3,(H,20,21). The first-order valence-electron chi connectivity index (χ1n) is 7.15. The molecule has 1 aromatic heterocycles. The highest BCUT2D eigenvalue weighted by Crippen LogP contribution is 2.14. The van der Waals surface area contributed by atoms with Crippen molar-refractivity contribution in [1.82, 2.24) is 9.97 Å². The Bertz CT molecular complexity index is 666. The van der Waals surface area contributed by atoms with E-state index in [1.165, 1.54) is 17.3 Å². The SMILES string of the molecule is CCCc1nc(Cc2ccc(C)c(C)c2)ncc1C(=O)O. The van der Waals surface area contributed by atoms with Crippen LogP contribution in [-0.2, 0) is 12.8 Å². The lowest BCUT2D eigenvalue weighted by atomic mass is 10.0. The van der Waals surface area contributed by atoms with Gasteiger partial charge in [-0.2, -0.15) is 0 Å². The summed E-state index contributed by atoms with van der Waals surface area (Å²) in [7, 11) is 0. The summed E-state index contributed by atoms with van der Waals surface area (Å²) in [5.41, 5.74) is 4.47. The molecule has 0 unspecified atom stereocenters. The van der Waals surface area contributed by atoms with Crippen LogP contribution < -0.4 is 0 Å². The monoisotopic (exact) mass is 284 g/mol. The van der Waals surface area contributed by atoms with Gasteiger partial charge in [-0.25, -0.2) is 14.8 Å². The molecule has 0 aliphatic rings. The Morgan fingerprint density at radius 2 is 2.00 bits per heavy atom. The second-order valence-electron chi connectivity index (χ2n) is 5.30. The smallest absolute Gasteiger partial charge is 0.339 e. The molecule has 1 N–H and O–H groups in total. The van der Waals surface area contributed by atoms with E-state index < -0.39 is 5.97 Å². The van der Waals surface area contributed by atoms with Crippen molar-refractivity contribution >= 4 is 5.97 Å². The molecule has 0 aliphatic carbocycles. The number of benzene rings is 1. The lowest BCUT2D eigenvalue weighted by Crippen LogP contribution is -2.09. The fourth-order valence-electron chi connectivity index (χ4n) is 2.25. The van der Waals surface area contributed by atoms with Crippen molar-refractivity contribution < 1.29 is 9.90 Å². The zero-order valence-electron chi connectivity index (χ0n) is 12.7. The summed E-state index contributed by atoms with van der Waals surface area (Å²) in [5, 5.41) is 9.16. The highest BCUT2D eigenvalue weighted by molar-refractivity contribution is 5.88. The van der Waals surface area contributed by atoms with Gasteiger partial charge in [0.15, 0.2) is 0 Å². The molecule has 1 heterocycles. The van der Waals surface area contributed by atoms with E-state index in [0.717, 1.165) is 12.0 Å². The van der Waals surface area contributed by atoms with Crippen LogP contribution in [-0.4, -0.2) is 21.0 Å². The quantitative estimate of drug-likeness (QED) is 0.914. The second-order valence-corrected chi connectivity index (χ2v) is 5.30. The maximum Gasteiger partial charge on any atom is 0.339 e. The number of aromatic carboxylic acids is 1. The molecule has 4 heteroatoms. The highest BCUT2D eigenvalue weighted by Gasteiger charge is 2.13. The number of nitrogens with zero attached hydrogens (tertiary/aromatic N) is 2. The molecular weight excluding hydrogens is 264 g/mol. The topological polar surface area (TPSA) is 63.1 Å². The van der Waals surface area contributed by atoms with E-state index in [1.54, 1.807) is 0 Å².